The van der Waals surface area contributed by atoms with Crippen molar-refractivity contribution < 1.29 is 25.0 Å². The molecule has 0 fully saturated rings. The van der Waals surface area contributed by atoms with E-state index < -0.39 is 0 Å². The molecule has 0 spiro atoms. The second-order valence-electron chi connectivity index (χ2n) is 6.63. The molecule has 0 amide bonds. The van der Waals surface area contributed by atoms with Crippen molar-refractivity contribution in [3.63, 3.8) is 0 Å². The van der Waals surface area contributed by atoms with Gasteiger partial charge in [0, 0.05) is 18.2 Å². The Balaban J connectivity index is 1.99. The van der Waals surface area contributed by atoms with Crippen molar-refractivity contribution in [3.05, 3.63) is 75.5 Å². The quantitative estimate of drug-likeness (QED) is 0.509. The summed E-state index contributed by atoms with van der Waals surface area (Å²) in [7, 11) is 3.28. The highest BCUT2D eigenvalue weighted by Gasteiger charge is 2.13. The number of aromatic nitrogens is 2. The fraction of sp³-hybridized carbons (Fsp3) is 0.0909. The van der Waals surface area contributed by atoms with E-state index in [1.165, 1.54) is 45.5 Å². The van der Waals surface area contributed by atoms with E-state index in [1.807, 2.05) is 0 Å². The molecule has 0 saturated heterocycles. The molecule has 0 atom stereocenters. The van der Waals surface area contributed by atoms with E-state index in [9.17, 15) is 25.2 Å². The summed E-state index contributed by atoms with van der Waals surface area (Å²) in [6.45, 7) is 0. The molecule has 148 valence electrons. The molecule has 1 heterocycles. The molecule has 3 aromatic rings. The van der Waals surface area contributed by atoms with Crippen molar-refractivity contribution in [3.8, 4) is 23.0 Å². The lowest BCUT2D eigenvalue weighted by Crippen LogP contribution is -2.53. The number of rotatable bonds is 4. The minimum atomic E-state index is -0.246. The standard InChI is InChI=1S/C22H20N2O5/c1-23-16(5-3-14-7-18(25)12-19(26)8-14)11-17(24(2)22(23)29)6-4-15-9-20(27)13-21(28)10-15/h3-13H,1-2H3,(H3-,25,26,27,28)/p+1. The van der Waals surface area contributed by atoms with E-state index >= 15 is 0 Å². The summed E-state index contributed by atoms with van der Waals surface area (Å²) < 4.78 is 2.94. The molecule has 0 aliphatic rings. The lowest BCUT2D eigenvalue weighted by Gasteiger charge is -2.04. The highest BCUT2D eigenvalue weighted by Crippen LogP contribution is 2.23. The van der Waals surface area contributed by atoms with Gasteiger partial charge in [0.25, 0.3) is 0 Å². The van der Waals surface area contributed by atoms with Gasteiger partial charge in [-0.3, -0.25) is 0 Å². The number of benzene rings is 2. The molecule has 7 nitrogen and oxygen atoms in total. The van der Waals surface area contributed by atoms with Gasteiger partial charge in [0.2, 0.25) is 0 Å². The van der Waals surface area contributed by atoms with E-state index in [1.54, 1.807) is 44.5 Å². The second-order valence-corrected chi connectivity index (χ2v) is 6.63. The zero-order valence-electron chi connectivity index (χ0n) is 15.9. The minimum Gasteiger partial charge on any atom is -0.508 e. The zero-order chi connectivity index (χ0) is 21.1. The van der Waals surface area contributed by atoms with Crippen molar-refractivity contribution >= 4 is 24.3 Å². The third-order valence-corrected chi connectivity index (χ3v) is 4.39. The van der Waals surface area contributed by atoms with Crippen molar-refractivity contribution in [1.29, 1.82) is 0 Å². The van der Waals surface area contributed by atoms with Gasteiger partial charge in [0.15, 0.2) is 0 Å². The maximum Gasteiger partial charge on any atom is 0.498 e. The smallest absolute Gasteiger partial charge is 0.498 e. The molecule has 0 radical (unpaired) electrons. The zero-order valence-corrected chi connectivity index (χ0v) is 15.9. The van der Waals surface area contributed by atoms with E-state index in [2.05, 4.69) is 0 Å². The molecule has 29 heavy (non-hydrogen) atoms. The van der Waals surface area contributed by atoms with Crippen LogP contribution in [0.5, 0.6) is 23.0 Å². The molecule has 1 aromatic heterocycles. The van der Waals surface area contributed by atoms with E-state index in [-0.39, 0.29) is 28.7 Å². The Hall–Kier alpha value is -4.00. The van der Waals surface area contributed by atoms with Gasteiger partial charge in [-0.2, -0.15) is 13.9 Å². The third kappa shape index (κ3) is 4.65. The SMILES string of the molecule is Cn1c(C=Cc2cc(O)cc(O)c2)cc(C=Cc2cc(O)cc(O)c2)[n+](C)c1=O. The van der Waals surface area contributed by atoms with Gasteiger partial charge in [-0.1, -0.05) is 12.2 Å². The highest BCUT2D eigenvalue weighted by atomic mass is 16.3. The fourth-order valence-electron chi connectivity index (χ4n) is 2.90. The molecular weight excluding hydrogens is 372 g/mol. The lowest BCUT2D eigenvalue weighted by atomic mass is 10.1. The third-order valence-electron chi connectivity index (χ3n) is 4.39. The Bertz CT molecular complexity index is 1060. The number of aromatic hydroxyl groups is 4. The topological polar surface area (TPSA) is 107 Å². The van der Waals surface area contributed by atoms with E-state index in [0.717, 1.165) is 0 Å². The Kier molecular flexibility index (Phi) is 5.40. The van der Waals surface area contributed by atoms with E-state index in [0.29, 0.717) is 22.5 Å². The largest absolute Gasteiger partial charge is 0.508 e. The summed E-state index contributed by atoms with van der Waals surface area (Å²) >= 11 is 0. The molecule has 0 saturated carbocycles. The van der Waals surface area contributed by atoms with Gasteiger partial charge in [0.05, 0.1) is 14.1 Å². The van der Waals surface area contributed by atoms with Crippen LogP contribution in [0.25, 0.3) is 24.3 Å². The number of phenolic OH excluding ortho intramolecular Hbond substituents is 4. The van der Waals surface area contributed by atoms with Crippen LogP contribution in [0.15, 0.2) is 47.3 Å². The monoisotopic (exact) mass is 393 g/mol. The Morgan fingerprint density at radius 3 is 1.66 bits per heavy atom. The number of hydrogen-bond acceptors (Lipinski definition) is 5. The predicted octanol–water partition coefficient (Wildman–Crippen LogP) is 2.37. The first kappa shape index (κ1) is 19.8. The summed E-state index contributed by atoms with van der Waals surface area (Å²) in [5.74, 6) is -0.237. The van der Waals surface area contributed by atoms with Crippen LogP contribution >= 0.6 is 0 Å². The normalized spacial score (nSPS) is 11.5. The molecule has 7 heteroatoms. The summed E-state index contributed by atoms with van der Waals surface area (Å²) in [5.41, 5.74) is 2.12. The summed E-state index contributed by atoms with van der Waals surface area (Å²) in [6.07, 6.45) is 6.75. The van der Waals surface area contributed by atoms with Crippen LogP contribution in [-0.4, -0.2) is 25.0 Å². The highest BCUT2D eigenvalue weighted by molar-refractivity contribution is 5.72. The second kappa shape index (κ2) is 7.93. The van der Waals surface area contributed by atoms with E-state index in [4.69, 9.17) is 0 Å². The van der Waals surface area contributed by atoms with Crippen LogP contribution in [0.2, 0.25) is 0 Å². The van der Waals surface area contributed by atoms with Gasteiger partial charge < -0.3 is 20.4 Å². The van der Waals surface area contributed by atoms with Crippen LogP contribution in [0.4, 0.5) is 0 Å². The number of hydrogen-bond donors (Lipinski definition) is 4. The molecule has 0 unspecified atom stereocenters. The Morgan fingerprint density at radius 1 is 0.724 bits per heavy atom. The van der Waals surface area contributed by atoms with Crippen LogP contribution in [-0.2, 0) is 14.1 Å². The summed E-state index contributed by atoms with van der Waals surface area (Å²) in [6, 6.07) is 10.2. The number of nitrogens with zero attached hydrogens (tertiary/aromatic N) is 2. The Morgan fingerprint density at radius 2 is 1.17 bits per heavy atom. The summed E-state index contributed by atoms with van der Waals surface area (Å²) in [5, 5.41) is 38.4. The molecule has 4 N–H and O–H groups in total. The average molecular weight is 393 g/mol. The average Bonchev–Trinajstić information content (AvgIpc) is 2.63. The number of phenols is 4. The van der Waals surface area contributed by atoms with Crippen LogP contribution in [0, 0.1) is 0 Å². The Labute approximate surface area is 167 Å². The first-order chi connectivity index (χ1) is 13.7. The predicted molar refractivity (Wildman–Crippen MR) is 110 cm³/mol. The van der Waals surface area contributed by atoms with Gasteiger partial charge in [0.1, 0.15) is 34.4 Å². The molecule has 0 aliphatic heterocycles. The van der Waals surface area contributed by atoms with Gasteiger partial charge >= 0.3 is 5.69 Å². The fourth-order valence-corrected chi connectivity index (χ4v) is 2.90. The van der Waals surface area contributed by atoms with Crippen molar-refractivity contribution in [2.45, 2.75) is 0 Å². The molecule has 0 bridgehead atoms. The van der Waals surface area contributed by atoms with Gasteiger partial charge in [-0.05, 0) is 47.5 Å². The first-order valence-corrected chi connectivity index (χ1v) is 8.75. The van der Waals surface area contributed by atoms with Crippen LogP contribution < -0.4 is 10.3 Å². The minimum absolute atomic E-state index is 0.0593. The maximum atomic E-state index is 12.5. The summed E-state index contributed by atoms with van der Waals surface area (Å²) in [4.78, 5) is 12.5. The van der Waals surface area contributed by atoms with Gasteiger partial charge in [-0.25, -0.2) is 0 Å². The van der Waals surface area contributed by atoms with Crippen molar-refractivity contribution in [2.24, 2.45) is 14.1 Å². The van der Waals surface area contributed by atoms with Gasteiger partial charge in [-0.15, -0.1) is 0 Å². The first-order valence-electron chi connectivity index (χ1n) is 8.75. The molecule has 2 aromatic carbocycles. The van der Waals surface area contributed by atoms with Crippen LogP contribution in [0.3, 0.4) is 0 Å². The molecule has 3 rings (SSSR count). The van der Waals surface area contributed by atoms with Crippen molar-refractivity contribution in [1.82, 2.24) is 4.57 Å². The van der Waals surface area contributed by atoms with Crippen molar-refractivity contribution in [2.75, 3.05) is 0 Å². The van der Waals surface area contributed by atoms with Crippen LogP contribution in [0.1, 0.15) is 22.5 Å². The maximum absolute atomic E-state index is 12.5. The molecular formula is C22H21N2O5+. The molecule has 0 aliphatic carbocycles. The lowest BCUT2D eigenvalue weighted by molar-refractivity contribution is -0.692.